The van der Waals surface area contributed by atoms with Crippen molar-refractivity contribution in [1.82, 2.24) is 9.78 Å². The molecule has 2 aromatic rings. The number of anilines is 2. The largest absolute Gasteiger partial charge is 0.462 e. The standard InChI is InChI=1S/C17H21N5O5S/c1-3-27-17(24)13-9-19-21(2)16(13)20-15(23)10-22-7-6-11-8-12(28(18,25)26)4-5-14(11)22/h4-5,8-9H,3,6-7,10H2,1-2H3,(H,20,23)(H2,18,25,26). The maximum atomic E-state index is 12.5. The van der Waals surface area contributed by atoms with Gasteiger partial charge in [0, 0.05) is 19.3 Å². The second-order valence-corrected chi connectivity index (χ2v) is 7.87. The first-order chi connectivity index (χ1) is 13.2. The van der Waals surface area contributed by atoms with Gasteiger partial charge in [0.05, 0.1) is 24.2 Å². The average molecular weight is 407 g/mol. The first kappa shape index (κ1) is 19.8. The Morgan fingerprint density at radius 2 is 2.11 bits per heavy atom. The van der Waals surface area contributed by atoms with E-state index in [1.54, 1.807) is 20.0 Å². The van der Waals surface area contributed by atoms with Crippen molar-refractivity contribution in [3.63, 3.8) is 0 Å². The van der Waals surface area contributed by atoms with Crippen LogP contribution in [0.15, 0.2) is 29.3 Å². The van der Waals surface area contributed by atoms with E-state index in [-0.39, 0.29) is 35.3 Å². The van der Waals surface area contributed by atoms with Crippen LogP contribution in [0, 0.1) is 0 Å². The minimum absolute atomic E-state index is 0.0369. The van der Waals surface area contributed by atoms with Crippen LogP contribution in [0.3, 0.4) is 0 Å². The van der Waals surface area contributed by atoms with Crippen LogP contribution in [0.4, 0.5) is 11.5 Å². The molecule has 1 aliphatic heterocycles. The van der Waals surface area contributed by atoms with Crippen molar-refractivity contribution in [2.75, 3.05) is 29.9 Å². The molecule has 1 aromatic carbocycles. The van der Waals surface area contributed by atoms with Gasteiger partial charge < -0.3 is 15.0 Å². The van der Waals surface area contributed by atoms with E-state index in [0.717, 1.165) is 11.3 Å². The summed E-state index contributed by atoms with van der Waals surface area (Å²) in [6, 6.07) is 4.59. The van der Waals surface area contributed by atoms with Gasteiger partial charge in [-0.05, 0) is 37.1 Å². The second-order valence-electron chi connectivity index (χ2n) is 6.31. The predicted octanol–water partition coefficient (Wildman–Crippen LogP) is 0.245. The third-order valence-electron chi connectivity index (χ3n) is 4.40. The molecule has 0 unspecified atom stereocenters. The molecule has 3 rings (SSSR count). The number of esters is 1. The Hall–Kier alpha value is -2.92. The van der Waals surface area contributed by atoms with Crippen LogP contribution in [0.1, 0.15) is 22.8 Å². The number of fused-ring (bicyclic) bond motifs is 1. The molecular weight excluding hydrogens is 386 g/mol. The number of hydrogen-bond acceptors (Lipinski definition) is 7. The van der Waals surface area contributed by atoms with E-state index in [1.165, 1.54) is 23.0 Å². The number of nitrogens with two attached hydrogens (primary N) is 1. The van der Waals surface area contributed by atoms with Gasteiger partial charge in [-0.15, -0.1) is 0 Å². The maximum Gasteiger partial charge on any atom is 0.343 e. The number of aromatic nitrogens is 2. The van der Waals surface area contributed by atoms with Gasteiger partial charge in [0.1, 0.15) is 11.4 Å². The number of carbonyl (C=O) groups excluding carboxylic acids is 2. The first-order valence-electron chi connectivity index (χ1n) is 8.60. The number of carbonyl (C=O) groups is 2. The van der Waals surface area contributed by atoms with Gasteiger partial charge in [-0.25, -0.2) is 18.4 Å². The van der Waals surface area contributed by atoms with Crippen molar-refractivity contribution in [1.29, 1.82) is 0 Å². The van der Waals surface area contributed by atoms with Crippen LogP contribution in [-0.2, 0) is 33.0 Å². The van der Waals surface area contributed by atoms with Gasteiger partial charge in [0.25, 0.3) is 0 Å². The van der Waals surface area contributed by atoms with Crippen LogP contribution in [0.5, 0.6) is 0 Å². The van der Waals surface area contributed by atoms with E-state index in [1.807, 2.05) is 4.90 Å². The van der Waals surface area contributed by atoms with Crippen LogP contribution < -0.4 is 15.4 Å². The molecule has 10 nitrogen and oxygen atoms in total. The molecule has 0 saturated heterocycles. The average Bonchev–Trinajstić information content (AvgIpc) is 3.18. The Bertz CT molecular complexity index is 1030. The second kappa shape index (κ2) is 7.60. The number of aryl methyl sites for hydroxylation is 1. The molecule has 1 amide bonds. The molecule has 0 aliphatic carbocycles. The predicted molar refractivity (Wildman–Crippen MR) is 102 cm³/mol. The number of ether oxygens (including phenoxy) is 1. The molecule has 28 heavy (non-hydrogen) atoms. The fraction of sp³-hybridized carbons (Fsp3) is 0.353. The Labute approximate surface area is 162 Å². The van der Waals surface area contributed by atoms with E-state index in [9.17, 15) is 18.0 Å². The zero-order chi connectivity index (χ0) is 20.5. The van der Waals surface area contributed by atoms with Gasteiger partial charge in [0.2, 0.25) is 15.9 Å². The molecule has 0 fully saturated rings. The Morgan fingerprint density at radius 1 is 1.36 bits per heavy atom. The number of benzene rings is 1. The monoisotopic (exact) mass is 407 g/mol. The first-order valence-corrected chi connectivity index (χ1v) is 10.1. The highest BCUT2D eigenvalue weighted by Crippen LogP contribution is 2.29. The molecular formula is C17H21N5O5S. The number of amides is 1. The lowest BCUT2D eigenvalue weighted by Gasteiger charge is -2.19. The van der Waals surface area contributed by atoms with Crippen molar-refractivity contribution >= 4 is 33.4 Å². The number of primary sulfonamides is 1. The minimum Gasteiger partial charge on any atom is -0.462 e. The van der Waals surface area contributed by atoms with Gasteiger partial charge >= 0.3 is 5.97 Å². The summed E-state index contributed by atoms with van der Waals surface area (Å²) in [7, 11) is -2.16. The van der Waals surface area contributed by atoms with Crippen molar-refractivity contribution in [2.45, 2.75) is 18.2 Å². The zero-order valence-corrected chi connectivity index (χ0v) is 16.3. The van der Waals surface area contributed by atoms with Crippen molar-refractivity contribution < 1.29 is 22.7 Å². The Balaban J connectivity index is 1.73. The van der Waals surface area contributed by atoms with Crippen LogP contribution in [0.2, 0.25) is 0 Å². The van der Waals surface area contributed by atoms with Crippen LogP contribution in [-0.4, -0.2) is 49.8 Å². The van der Waals surface area contributed by atoms with Gasteiger partial charge in [0.15, 0.2) is 0 Å². The third-order valence-corrected chi connectivity index (χ3v) is 5.31. The molecule has 0 spiro atoms. The van der Waals surface area contributed by atoms with Crippen LogP contribution in [0.25, 0.3) is 0 Å². The van der Waals surface area contributed by atoms with Gasteiger partial charge in [-0.1, -0.05) is 0 Å². The quantitative estimate of drug-likeness (QED) is 0.655. The molecule has 3 N–H and O–H groups in total. The lowest BCUT2D eigenvalue weighted by Crippen LogP contribution is -2.32. The minimum atomic E-state index is -3.77. The lowest BCUT2D eigenvalue weighted by molar-refractivity contribution is -0.115. The van der Waals surface area contributed by atoms with Crippen molar-refractivity contribution in [3.8, 4) is 0 Å². The summed E-state index contributed by atoms with van der Waals surface area (Å²) >= 11 is 0. The summed E-state index contributed by atoms with van der Waals surface area (Å²) in [4.78, 5) is 26.4. The highest BCUT2D eigenvalue weighted by atomic mass is 32.2. The topological polar surface area (TPSA) is 137 Å². The Kier molecular flexibility index (Phi) is 5.38. The van der Waals surface area contributed by atoms with Crippen molar-refractivity contribution in [3.05, 3.63) is 35.5 Å². The highest BCUT2D eigenvalue weighted by molar-refractivity contribution is 7.89. The molecule has 150 valence electrons. The number of hydrogen-bond donors (Lipinski definition) is 2. The molecule has 0 radical (unpaired) electrons. The molecule has 2 heterocycles. The van der Waals surface area contributed by atoms with Gasteiger partial charge in [-0.3, -0.25) is 9.48 Å². The summed E-state index contributed by atoms with van der Waals surface area (Å²) < 4.78 is 29.3. The maximum absolute atomic E-state index is 12.5. The fourth-order valence-corrected chi connectivity index (χ4v) is 3.64. The molecule has 0 saturated carbocycles. The normalized spacial score (nSPS) is 13.3. The van der Waals surface area contributed by atoms with E-state index in [4.69, 9.17) is 9.88 Å². The SMILES string of the molecule is CCOC(=O)c1cnn(C)c1NC(=O)CN1CCc2cc(S(N)(=O)=O)ccc21. The number of rotatable bonds is 6. The Morgan fingerprint density at radius 3 is 2.79 bits per heavy atom. The van der Waals surface area contributed by atoms with E-state index >= 15 is 0 Å². The van der Waals surface area contributed by atoms with Crippen molar-refractivity contribution in [2.24, 2.45) is 12.2 Å². The fourth-order valence-electron chi connectivity index (χ4n) is 3.08. The van der Waals surface area contributed by atoms with E-state index in [2.05, 4.69) is 10.4 Å². The number of nitrogens with one attached hydrogen (secondary N) is 1. The van der Waals surface area contributed by atoms with Crippen LogP contribution >= 0.6 is 0 Å². The third kappa shape index (κ3) is 3.99. The zero-order valence-electron chi connectivity index (χ0n) is 15.5. The summed E-state index contributed by atoms with van der Waals surface area (Å²) in [5.74, 6) is -0.641. The van der Waals surface area contributed by atoms with E-state index < -0.39 is 16.0 Å². The van der Waals surface area contributed by atoms with Gasteiger partial charge in [-0.2, -0.15) is 5.10 Å². The lowest BCUT2D eigenvalue weighted by atomic mass is 10.2. The number of nitrogens with zero attached hydrogens (tertiary/aromatic N) is 3. The van der Waals surface area contributed by atoms with E-state index in [0.29, 0.717) is 13.0 Å². The molecule has 0 bridgehead atoms. The molecule has 1 aliphatic rings. The molecule has 1 aromatic heterocycles. The molecule has 11 heteroatoms. The smallest absolute Gasteiger partial charge is 0.343 e. The summed E-state index contributed by atoms with van der Waals surface area (Å²) in [5, 5.41) is 11.9. The highest BCUT2D eigenvalue weighted by Gasteiger charge is 2.25. The summed E-state index contributed by atoms with van der Waals surface area (Å²) in [6.07, 6.45) is 1.94. The summed E-state index contributed by atoms with van der Waals surface area (Å²) in [6.45, 7) is 2.51. The molecule has 0 atom stereocenters. The number of sulfonamides is 1. The summed E-state index contributed by atoms with van der Waals surface area (Å²) in [5.41, 5.74) is 1.77.